The predicted octanol–water partition coefficient (Wildman–Crippen LogP) is 0.835. The van der Waals surface area contributed by atoms with Gasteiger partial charge in [0.1, 0.15) is 24.4 Å². The van der Waals surface area contributed by atoms with Crippen LogP contribution in [0.2, 0.25) is 0 Å². The van der Waals surface area contributed by atoms with Gasteiger partial charge >= 0.3 is 6.09 Å². The van der Waals surface area contributed by atoms with Crippen LogP contribution in [-0.4, -0.2) is 51.7 Å². The van der Waals surface area contributed by atoms with Gasteiger partial charge in [-0.2, -0.15) is 0 Å². The molecule has 0 unspecified atom stereocenters. The highest BCUT2D eigenvalue weighted by Gasteiger charge is 2.42. The Morgan fingerprint density at radius 2 is 2.11 bits per heavy atom. The van der Waals surface area contributed by atoms with Crippen LogP contribution in [0.15, 0.2) is 12.5 Å². The molecule has 0 bridgehead atoms. The molecule has 0 aromatic heterocycles. The van der Waals surface area contributed by atoms with Crippen LogP contribution in [0.1, 0.15) is 27.7 Å². The summed E-state index contributed by atoms with van der Waals surface area (Å²) in [4.78, 5) is 13.1. The lowest BCUT2D eigenvalue weighted by atomic mass is 10.1. The monoisotopic (exact) mass is 259 g/mol. The van der Waals surface area contributed by atoms with Crippen LogP contribution in [0, 0.1) is 0 Å². The number of aliphatic hydroxyl groups excluding tert-OH is 2. The second-order valence-electron chi connectivity index (χ2n) is 5.35. The molecular formula is C12H21NO5. The molecule has 1 heterocycles. The number of nitrogens with zero attached hydrogens (tertiary/aromatic N) is 1. The van der Waals surface area contributed by atoms with Gasteiger partial charge in [-0.15, -0.1) is 0 Å². The van der Waals surface area contributed by atoms with Gasteiger partial charge in [-0.1, -0.05) is 0 Å². The summed E-state index contributed by atoms with van der Waals surface area (Å²) in [7, 11) is 0. The summed E-state index contributed by atoms with van der Waals surface area (Å²) in [6, 6.07) is -0.688. The van der Waals surface area contributed by atoms with Gasteiger partial charge in [0, 0.05) is 0 Å². The van der Waals surface area contributed by atoms with Crippen LogP contribution in [0.5, 0.6) is 0 Å². The first-order chi connectivity index (χ1) is 8.13. The van der Waals surface area contributed by atoms with Crippen molar-refractivity contribution in [2.45, 2.75) is 51.5 Å². The molecule has 2 N–H and O–H groups in total. The molecule has 0 aromatic carbocycles. The molecule has 0 radical (unpaired) electrons. The zero-order valence-electron chi connectivity index (χ0n) is 11.2. The molecule has 0 spiro atoms. The molecule has 1 aliphatic heterocycles. The Balaban J connectivity index is 2.82. The molecule has 6 nitrogen and oxygen atoms in total. The van der Waals surface area contributed by atoms with Gasteiger partial charge < -0.3 is 19.7 Å². The predicted molar refractivity (Wildman–Crippen MR) is 64.6 cm³/mol. The second-order valence-corrected chi connectivity index (χ2v) is 5.35. The van der Waals surface area contributed by atoms with Crippen LogP contribution in [-0.2, 0) is 9.47 Å². The Hall–Kier alpha value is -1.27. The molecule has 104 valence electrons. The SMILES string of the molecule is C=C1OC[C@@H]([C@H](O)[C@@H](C)O)N1C(=O)OC(C)(C)C. The Morgan fingerprint density at radius 3 is 2.56 bits per heavy atom. The maximum atomic E-state index is 12.0. The highest BCUT2D eigenvalue weighted by Crippen LogP contribution is 2.25. The van der Waals surface area contributed by atoms with Crippen molar-refractivity contribution in [3.8, 4) is 0 Å². The van der Waals surface area contributed by atoms with E-state index in [1.165, 1.54) is 6.92 Å². The molecule has 1 rings (SSSR count). The highest BCUT2D eigenvalue weighted by atomic mass is 16.6. The van der Waals surface area contributed by atoms with Crippen molar-refractivity contribution in [1.29, 1.82) is 0 Å². The molecule has 1 fully saturated rings. The van der Waals surface area contributed by atoms with E-state index in [0.29, 0.717) is 0 Å². The van der Waals surface area contributed by atoms with Crippen molar-refractivity contribution >= 4 is 6.09 Å². The number of aliphatic hydroxyl groups is 2. The first-order valence-electron chi connectivity index (χ1n) is 5.83. The van der Waals surface area contributed by atoms with E-state index in [9.17, 15) is 15.0 Å². The number of hydrogen-bond donors (Lipinski definition) is 2. The van der Waals surface area contributed by atoms with E-state index in [1.54, 1.807) is 20.8 Å². The molecule has 6 heteroatoms. The van der Waals surface area contributed by atoms with E-state index in [0.717, 1.165) is 4.90 Å². The van der Waals surface area contributed by atoms with Crippen LogP contribution >= 0.6 is 0 Å². The summed E-state index contributed by atoms with van der Waals surface area (Å²) in [5.74, 6) is 0.119. The Labute approximate surface area is 107 Å². The standard InChI is InChI=1S/C12H21NO5/c1-7(14)10(15)9-6-17-8(2)13(9)11(16)18-12(3,4)5/h7,9-10,14-15H,2,6H2,1,3-5H3/t7-,9+,10-/m1/s1. The van der Waals surface area contributed by atoms with Crippen LogP contribution in [0.25, 0.3) is 0 Å². The van der Waals surface area contributed by atoms with Gasteiger partial charge in [0.05, 0.1) is 6.10 Å². The minimum Gasteiger partial charge on any atom is -0.477 e. The molecule has 0 aromatic rings. The molecule has 1 amide bonds. The number of carbonyl (C=O) groups is 1. The summed E-state index contributed by atoms with van der Waals surface area (Å²) < 4.78 is 10.4. The van der Waals surface area contributed by atoms with Gasteiger partial charge in [-0.3, -0.25) is 0 Å². The second kappa shape index (κ2) is 5.16. The van der Waals surface area contributed by atoms with Gasteiger partial charge in [0.2, 0.25) is 0 Å². The van der Waals surface area contributed by atoms with E-state index < -0.39 is 29.9 Å². The average molecular weight is 259 g/mol. The van der Waals surface area contributed by atoms with E-state index in [-0.39, 0.29) is 12.5 Å². The summed E-state index contributed by atoms with van der Waals surface area (Å²) in [5, 5.41) is 19.2. The summed E-state index contributed by atoms with van der Waals surface area (Å²) >= 11 is 0. The van der Waals surface area contributed by atoms with E-state index in [4.69, 9.17) is 9.47 Å². The molecule has 1 saturated heterocycles. The first-order valence-corrected chi connectivity index (χ1v) is 5.83. The minimum atomic E-state index is -1.11. The summed E-state index contributed by atoms with van der Waals surface area (Å²) in [5.41, 5.74) is -0.652. The lowest BCUT2D eigenvalue weighted by Gasteiger charge is -2.29. The summed E-state index contributed by atoms with van der Waals surface area (Å²) in [6.07, 6.45) is -2.74. The van der Waals surface area contributed by atoms with E-state index in [2.05, 4.69) is 6.58 Å². The molecule has 1 aliphatic rings. The topological polar surface area (TPSA) is 79.2 Å². The van der Waals surface area contributed by atoms with Crippen molar-refractivity contribution < 1.29 is 24.5 Å². The first kappa shape index (κ1) is 14.8. The molecule has 0 saturated carbocycles. The van der Waals surface area contributed by atoms with E-state index in [1.807, 2.05) is 0 Å². The Kier molecular flexibility index (Phi) is 4.24. The number of amides is 1. The Bertz CT molecular complexity index is 334. The number of ether oxygens (including phenoxy) is 2. The maximum Gasteiger partial charge on any atom is 0.417 e. The number of rotatable bonds is 2. The largest absolute Gasteiger partial charge is 0.477 e. The van der Waals surface area contributed by atoms with Crippen LogP contribution in [0.3, 0.4) is 0 Å². The third kappa shape index (κ3) is 3.36. The number of hydrogen-bond acceptors (Lipinski definition) is 5. The van der Waals surface area contributed by atoms with Crippen molar-refractivity contribution in [2.75, 3.05) is 6.61 Å². The third-order valence-corrected chi connectivity index (χ3v) is 2.50. The van der Waals surface area contributed by atoms with Gasteiger partial charge in [0.25, 0.3) is 0 Å². The molecular weight excluding hydrogens is 238 g/mol. The molecule has 18 heavy (non-hydrogen) atoms. The van der Waals surface area contributed by atoms with Gasteiger partial charge in [0.15, 0.2) is 5.88 Å². The fourth-order valence-corrected chi connectivity index (χ4v) is 1.63. The van der Waals surface area contributed by atoms with Gasteiger partial charge in [-0.25, -0.2) is 9.69 Å². The lowest BCUT2D eigenvalue weighted by molar-refractivity contribution is -0.0235. The fraction of sp³-hybridized carbons (Fsp3) is 0.750. The molecule has 3 atom stereocenters. The van der Waals surface area contributed by atoms with Gasteiger partial charge in [-0.05, 0) is 34.3 Å². The smallest absolute Gasteiger partial charge is 0.417 e. The van der Waals surface area contributed by atoms with Crippen molar-refractivity contribution in [3.05, 3.63) is 12.5 Å². The van der Waals surface area contributed by atoms with Crippen molar-refractivity contribution in [1.82, 2.24) is 4.90 Å². The quantitative estimate of drug-likeness (QED) is 0.768. The fourth-order valence-electron chi connectivity index (χ4n) is 1.63. The average Bonchev–Trinajstić information content (AvgIpc) is 2.56. The van der Waals surface area contributed by atoms with Crippen molar-refractivity contribution in [2.24, 2.45) is 0 Å². The highest BCUT2D eigenvalue weighted by molar-refractivity contribution is 5.71. The Morgan fingerprint density at radius 1 is 1.56 bits per heavy atom. The minimum absolute atomic E-state index is 0.0874. The normalized spacial score (nSPS) is 23.6. The van der Waals surface area contributed by atoms with Crippen molar-refractivity contribution in [3.63, 3.8) is 0 Å². The molecule has 0 aliphatic carbocycles. The van der Waals surface area contributed by atoms with E-state index >= 15 is 0 Å². The zero-order chi connectivity index (χ0) is 14.1. The lowest BCUT2D eigenvalue weighted by Crippen LogP contribution is -2.49. The third-order valence-electron chi connectivity index (χ3n) is 2.50. The number of carbonyl (C=O) groups excluding carboxylic acids is 1. The maximum absolute atomic E-state index is 12.0. The zero-order valence-corrected chi connectivity index (χ0v) is 11.2. The summed E-state index contributed by atoms with van der Waals surface area (Å²) in [6.45, 7) is 10.3. The van der Waals surface area contributed by atoms with Crippen LogP contribution < -0.4 is 0 Å². The van der Waals surface area contributed by atoms with Crippen LogP contribution in [0.4, 0.5) is 4.79 Å².